The first-order valence-corrected chi connectivity index (χ1v) is 5.18. The maximum atomic E-state index is 11.0. The van der Waals surface area contributed by atoms with Crippen molar-refractivity contribution in [3.8, 4) is 0 Å². The van der Waals surface area contributed by atoms with Crippen molar-refractivity contribution in [1.29, 1.82) is 0 Å². The molecule has 6 nitrogen and oxygen atoms in total. The van der Waals surface area contributed by atoms with Gasteiger partial charge in [0.15, 0.2) is 0 Å². The molecule has 3 N–H and O–H groups in total. The topological polar surface area (TPSA) is 91.0 Å². The molecule has 0 aliphatic carbocycles. The largest absolute Gasteiger partial charge is 0.472 e. The van der Waals surface area contributed by atoms with Gasteiger partial charge in [-0.25, -0.2) is 4.57 Å². The molecule has 0 aromatic carbocycles. The number of ether oxygens (including phenoxy) is 1. The van der Waals surface area contributed by atoms with E-state index in [2.05, 4.69) is 9.05 Å². The molecule has 0 bridgehead atoms. The third-order valence-corrected chi connectivity index (χ3v) is 2.66. The Morgan fingerprint density at radius 3 is 2.77 bits per heavy atom. The Balaban J connectivity index is 2.50. The number of hydrogen-bond acceptors (Lipinski definition) is 5. The Hall–Kier alpha value is 0.0949. The van der Waals surface area contributed by atoms with Gasteiger partial charge in [0.1, 0.15) is 20.2 Å². The van der Waals surface area contributed by atoms with Crippen LogP contribution in [-0.2, 0) is 18.3 Å². The van der Waals surface area contributed by atoms with E-state index in [1.807, 2.05) is 0 Å². The highest BCUT2D eigenvalue weighted by Crippen LogP contribution is 2.45. The summed E-state index contributed by atoms with van der Waals surface area (Å²) in [7, 11) is 2.45. The van der Waals surface area contributed by atoms with Crippen molar-refractivity contribution < 1.29 is 23.2 Å². The fourth-order valence-corrected chi connectivity index (χ4v) is 1.66. The Bertz CT molecular complexity index is 227. The van der Waals surface area contributed by atoms with Crippen LogP contribution in [0.3, 0.4) is 0 Å². The minimum atomic E-state index is -4.00. The zero-order valence-electron chi connectivity index (χ0n) is 7.12. The molecule has 8 heteroatoms. The Morgan fingerprint density at radius 1 is 1.77 bits per heavy atom. The molecule has 1 unspecified atom stereocenters. The average molecular weight is 207 g/mol. The lowest BCUT2D eigenvalue weighted by Crippen LogP contribution is -2.32. The van der Waals surface area contributed by atoms with Crippen LogP contribution in [0.4, 0.5) is 0 Å². The van der Waals surface area contributed by atoms with E-state index in [4.69, 9.17) is 23.2 Å². The van der Waals surface area contributed by atoms with Crippen LogP contribution in [0.1, 0.15) is 6.42 Å². The van der Waals surface area contributed by atoms with Crippen molar-refractivity contribution in [3.05, 3.63) is 0 Å². The second kappa shape index (κ2) is 4.08. The molecule has 0 saturated carbocycles. The summed E-state index contributed by atoms with van der Waals surface area (Å²) in [5, 5.41) is 0. The van der Waals surface area contributed by atoms with Crippen LogP contribution in [0.25, 0.3) is 0 Å². The smallest absolute Gasteiger partial charge is 0.367 e. The van der Waals surface area contributed by atoms with Gasteiger partial charge in [0, 0.05) is 13.1 Å². The van der Waals surface area contributed by atoms with E-state index in [-0.39, 0.29) is 6.42 Å². The lowest BCUT2D eigenvalue weighted by Gasteiger charge is -2.17. The first kappa shape index (κ1) is 11.2. The molecule has 0 aromatic rings. The van der Waals surface area contributed by atoms with Gasteiger partial charge >= 0.3 is 7.82 Å². The van der Waals surface area contributed by atoms with Crippen molar-refractivity contribution in [2.45, 2.75) is 24.8 Å². The molecule has 2 radical (unpaired) electrons. The molecule has 1 fully saturated rings. The van der Waals surface area contributed by atoms with Gasteiger partial charge in [-0.15, -0.1) is 0 Å². The zero-order valence-corrected chi connectivity index (χ0v) is 8.02. The highest BCUT2D eigenvalue weighted by atomic mass is 31.2. The van der Waals surface area contributed by atoms with Gasteiger partial charge in [-0.05, 0) is 6.42 Å². The molecular weight excluding hydrogens is 196 g/mol. The molecule has 1 heterocycles. The summed E-state index contributed by atoms with van der Waals surface area (Å²) in [5.41, 5.74) is 5.42. The SMILES string of the molecule is [B][C@H]1C[C@@H](OP(=O)(O)OC)[C@@H](N)O1. The third-order valence-electron chi connectivity index (χ3n) is 1.66. The molecule has 0 aromatic heterocycles. The normalized spacial score (nSPS) is 38.8. The number of nitrogens with two attached hydrogens (primary N) is 1. The van der Waals surface area contributed by atoms with E-state index in [1.165, 1.54) is 0 Å². The molecule has 1 aliphatic heterocycles. The molecule has 74 valence electrons. The molecule has 1 aliphatic rings. The van der Waals surface area contributed by atoms with Crippen LogP contribution in [0, 0.1) is 0 Å². The van der Waals surface area contributed by atoms with Gasteiger partial charge in [0.05, 0.1) is 0 Å². The summed E-state index contributed by atoms with van der Waals surface area (Å²) in [4.78, 5) is 8.95. The van der Waals surface area contributed by atoms with E-state index < -0.39 is 26.2 Å². The van der Waals surface area contributed by atoms with E-state index in [1.54, 1.807) is 0 Å². The minimum Gasteiger partial charge on any atom is -0.367 e. The molecule has 1 rings (SSSR count). The highest BCUT2D eigenvalue weighted by Gasteiger charge is 2.36. The monoisotopic (exact) mass is 207 g/mol. The lowest BCUT2D eigenvalue weighted by molar-refractivity contribution is 0.0313. The van der Waals surface area contributed by atoms with Crippen LogP contribution in [0.15, 0.2) is 0 Å². The summed E-state index contributed by atoms with van der Waals surface area (Å²) in [6.45, 7) is 0. The summed E-state index contributed by atoms with van der Waals surface area (Å²) in [5.74, 6) is 0. The van der Waals surface area contributed by atoms with Gasteiger partial charge in [-0.1, -0.05) is 0 Å². The van der Waals surface area contributed by atoms with Crippen molar-refractivity contribution >= 4 is 15.7 Å². The van der Waals surface area contributed by atoms with E-state index in [0.29, 0.717) is 0 Å². The van der Waals surface area contributed by atoms with Gasteiger partial charge < -0.3 is 15.4 Å². The Morgan fingerprint density at radius 2 is 2.38 bits per heavy atom. The van der Waals surface area contributed by atoms with E-state index >= 15 is 0 Å². The second-order valence-corrected chi connectivity index (χ2v) is 4.18. The maximum Gasteiger partial charge on any atom is 0.472 e. The molecule has 0 amide bonds. The zero-order chi connectivity index (χ0) is 10.1. The van der Waals surface area contributed by atoms with Crippen molar-refractivity contribution in [2.75, 3.05) is 7.11 Å². The molecular formula is C5H11BNO5P. The van der Waals surface area contributed by atoms with Gasteiger partial charge in [-0.2, -0.15) is 0 Å². The summed E-state index contributed by atoms with van der Waals surface area (Å²) in [6.07, 6.45) is -1.22. The van der Waals surface area contributed by atoms with Crippen LogP contribution in [0.2, 0.25) is 0 Å². The first-order valence-electron chi connectivity index (χ1n) is 3.68. The highest BCUT2D eigenvalue weighted by molar-refractivity contribution is 7.47. The quantitative estimate of drug-likeness (QED) is 0.470. The number of hydrogen-bond donors (Lipinski definition) is 2. The number of phosphoric acid groups is 1. The third kappa shape index (κ3) is 3.05. The molecule has 1 saturated heterocycles. The van der Waals surface area contributed by atoms with Crippen LogP contribution in [0.5, 0.6) is 0 Å². The van der Waals surface area contributed by atoms with Crippen LogP contribution in [-0.4, -0.2) is 38.2 Å². The van der Waals surface area contributed by atoms with Crippen molar-refractivity contribution in [2.24, 2.45) is 5.73 Å². The predicted octanol–water partition coefficient (Wildman–Crippen LogP) is -0.682. The Labute approximate surface area is 77.4 Å². The van der Waals surface area contributed by atoms with Gasteiger partial charge in [0.2, 0.25) is 0 Å². The average Bonchev–Trinajstić information content (AvgIpc) is 2.30. The molecule has 13 heavy (non-hydrogen) atoms. The van der Waals surface area contributed by atoms with Crippen LogP contribution < -0.4 is 5.73 Å². The first-order chi connectivity index (χ1) is 5.94. The standard InChI is InChI=1S/C5H11BNO5P/c1-10-13(8,9)12-3-2-4(6)11-5(3)7/h3-5H,2,7H2,1H3,(H,8,9)/t3-,4-,5+/m1/s1. The van der Waals surface area contributed by atoms with E-state index in [9.17, 15) is 4.57 Å². The summed E-state index contributed by atoms with van der Waals surface area (Å²) < 4.78 is 24.8. The van der Waals surface area contributed by atoms with Gasteiger partial charge in [-0.3, -0.25) is 9.05 Å². The maximum absolute atomic E-state index is 11.0. The fraction of sp³-hybridized carbons (Fsp3) is 1.00. The number of rotatable bonds is 3. The molecule has 4 atom stereocenters. The molecule has 0 spiro atoms. The predicted molar refractivity (Wildman–Crippen MR) is 44.9 cm³/mol. The second-order valence-electron chi connectivity index (χ2n) is 2.67. The van der Waals surface area contributed by atoms with Crippen molar-refractivity contribution in [1.82, 2.24) is 0 Å². The number of phosphoric ester groups is 1. The van der Waals surface area contributed by atoms with Crippen LogP contribution >= 0.6 is 7.82 Å². The Kier molecular flexibility index (Phi) is 3.51. The minimum absolute atomic E-state index is 0.273. The lowest BCUT2D eigenvalue weighted by atomic mass is 9.97. The van der Waals surface area contributed by atoms with Crippen molar-refractivity contribution in [3.63, 3.8) is 0 Å². The fourth-order valence-electron chi connectivity index (χ4n) is 1.03. The summed E-state index contributed by atoms with van der Waals surface area (Å²) in [6, 6.07) is -0.558. The summed E-state index contributed by atoms with van der Waals surface area (Å²) >= 11 is 0. The van der Waals surface area contributed by atoms with Gasteiger partial charge in [0.25, 0.3) is 0 Å². The van der Waals surface area contributed by atoms with E-state index in [0.717, 1.165) is 7.11 Å².